The van der Waals surface area contributed by atoms with Gasteiger partial charge in [-0.25, -0.2) is 0 Å². The molecule has 1 heterocycles. The number of halogens is 1. The van der Waals surface area contributed by atoms with E-state index >= 15 is 0 Å². The maximum Gasteiger partial charge on any atom is 0.0845 e. The number of aromatic nitrogens is 1. The summed E-state index contributed by atoms with van der Waals surface area (Å²) in [5.74, 6) is 0. The first-order chi connectivity index (χ1) is 7.75. The predicted octanol–water partition coefficient (Wildman–Crippen LogP) is 3.12. The van der Waals surface area contributed by atoms with Gasteiger partial charge < -0.3 is 5.11 Å². The number of aliphatic hydroxyl groups excluding tert-OH is 1. The molecule has 0 fully saturated rings. The van der Waals surface area contributed by atoms with Crippen LogP contribution >= 0.6 is 15.9 Å². The molecular weight excluding hydrogens is 266 g/mol. The highest BCUT2D eigenvalue weighted by Crippen LogP contribution is 2.19. The van der Waals surface area contributed by atoms with Crippen molar-refractivity contribution >= 4 is 15.9 Å². The van der Waals surface area contributed by atoms with Gasteiger partial charge in [-0.3, -0.25) is 4.98 Å². The third-order valence-corrected chi connectivity index (χ3v) is 2.91. The molecule has 0 saturated carbocycles. The molecule has 2 rings (SSSR count). The molecule has 2 nitrogen and oxygen atoms in total. The van der Waals surface area contributed by atoms with Crippen molar-refractivity contribution in [1.82, 2.24) is 4.98 Å². The molecule has 0 unspecified atom stereocenters. The zero-order valence-corrected chi connectivity index (χ0v) is 10.3. The van der Waals surface area contributed by atoms with Crippen LogP contribution in [0.5, 0.6) is 0 Å². The van der Waals surface area contributed by atoms with Gasteiger partial charge in [0, 0.05) is 22.8 Å². The van der Waals surface area contributed by atoms with E-state index < -0.39 is 6.10 Å². The fourth-order valence-electron chi connectivity index (χ4n) is 1.52. The van der Waals surface area contributed by atoms with Crippen molar-refractivity contribution in [3.63, 3.8) is 0 Å². The minimum atomic E-state index is -0.497. The van der Waals surface area contributed by atoms with E-state index in [-0.39, 0.29) is 0 Å². The molecule has 0 bridgehead atoms. The zero-order chi connectivity index (χ0) is 11.4. The Kier molecular flexibility index (Phi) is 3.70. The van der Waals surface area contributed by atoms with Gasteiger partial charge in [-0.05, 0) is 29.8 Å². The largest absolute Gasteiger partial charge is 0.388 e. The smallest absolute Gasteiger partial charge is 0.0845 e. The number of benzene rings is 1. The van der Waals surface area contributed by atoms with Crippen LogP contribution in [0.25, 0.3) is 0 Å². The van der Waals surface area contributed by atoms with Crippen LogP contribution in [0.15, 0.2) is 53.1 Å². The Morgan fingerprint density at radius 3 is 2.50 bits per heavy atom. The van der Waals surface area contributed by atoms with Crippen molar-refractivity contribution in [1.29, 1.82) is 0 Å². The average Bonchev–Trinajstić information content (AvgIpc) is 2.31. The van der Waals surface area contributed by atoms with Gasteiger partial charge >= 0.3 is 0 Å². The Labute approximate surface area is 103 Å². The van der Waals surface area contributed by atoms with Gasteiger partial charge in [0.15, 0.2) is 0 Å². The van der Waals surface area contributed by atoms with Crippen LogP contribution in [-0.4, -0.2) is 10.1 Å². The van der Waals surface area contributed by atoms with Crippen LogP contribution in [0.2, 0.25) is 0 Å². The third kappa shape index (κ3) is 2.90. The summed E-state index contributed by atoms with van der Waals surface area (Å²) in [6.45, 7) is 0. The Morgan fingerprint density at radius 1 is 1.12 bits per heavy atom. The lowest BCUT2D eigenvalue weighted by Crippen LogP contribution is -2.02. The lowest BCUT2D eigenvalue weighted by Gasteiger charge is -2.10. The van der Waals surface area contributed by atoms with Gasteiger partial charge in [-0.1, -0.05) is 34.1 Å². The van der Waals surface area contributed by atoms with Crippen LogP contribution in [0.4, 0.5) is 0 Å². The molecule has 0 aliphatic rings. The maximum atomic E-state index is 10.0. The fraction of sp³-hybridized carbons (Fsp3) is 0.154. The van der Waals surface area contributed by atoms with Gasteiger partial charge in [-0.15, -0.1) is 0 Å². The van der Waals surface area contributed by atoms with Crippen LogP contribution in [0.1, 0.15) is 17.4 Å². The van der Waals surface area contributed by atoms with E-state index in [0.717, 1.165) is 15.7 Å². The van der Waals surface area contributed by atoms with E-state index in [0.29, 0.717) is 6.42 Å². The topological polar surface area (TPSA) is 33.1 Å². The SMILES string of the molecule is O[C@@H](Cc1ccccn1)c1ccc(Br)cc1. The zero-order valence-electron chi connectivity index (χ0n) is 8.68. The molecule has 0 aliphatic carbocycles. The average molecular weight is 278 g/mol. The van der Waals surface area contributed by atoms with Gasteiger partial charge in [0.1, 0.15) is 0 Å². The number of hydrogen-bond donors (Lipinski definition) is 1. The Morgan fingerprint density at radius 2 is 1.88 bits per heavy atom. The fourth-order valence-corrected chi connectivity index (χ4v) is 1.78. The first-order valence-corrected chi connectivity index (χ1v) is 5.88. The van der Waals surface area contributed by atoms with Crippen molar-refractivity contribution in [2.24, 2.45) is 0 Å². The van der Waals surface area contributed by atoms with Gasteiger partial charge in [0.25, 0.3) is 0 Å². The summed E-state index contributed by atoms with van der Waals surface area (Å²) in [4.78, 5) is 4.19. The lowest BCUT2D eigenvalue weighted by atomic mass is 10.0. The van der Waals surface area contributed by atoms with E-state index in [9.17, 15) is 5.11 Å². The van der Waals surface area contributed by atoms with E-state index in [1.54, 1.807) is 6.20 Å². The van der Waals surface area contributed by atoms with Crippen molar-refractivity contribution in [2.75, 3.05) is 0 Å². The molecule has 0 aliphatic heterocycles. The van der Waals surface area contributed by atoms with Crippen molar-refractivity contribution in [3.05, 3.63) is 64.4 Å². The summed E-state index contributed by atoms with van der Waals surface area (Å²) >= 11 is 3.37. The second-order valence-corrected chi connectivity index (χ2v) is 4.51. The summed E-state index contributed by atoms with van der Waals surface area (Å²) in [7, 11) is 0. The second-order valence-electron chi connectivity index (χ2n) is 3.59. The number of nitrogens with zero attached hydrogens (tertiary/aromatic N) is 1. The molecular formula is C13H12BrNO. The third-order valence-electron chi connectivity index (χ3n) is 2.38. The summed E-state index contributed by atoms with van der Waals surface area (Å²) in [6, 6.07) is 13.4. The van der Waals surface area contributed by atoms with Gasteiger partial charge in [-0.2, -0.15) is 0 Å². The summed E-state index contributed by atoms with van der Waals surface area (Å²) < 4.78 is 1.02. The van der Waals surface area contributed by atoms with Gasteiger partial charge in [0.05, 0.1) is 6.10 Å². The molecule has 0 radical (unpaired) electrons. The first-order valence-electron chi connectivity index (χ1n) is 5.09. The first kappa shape index (κ1) is 11.3. The highest BCUT2D eigenvalue weighted by atomic mass is 79.9. The minimum Gasteiger partial charge on any atom is -0.388 e. The van der Waals surface area contributed by atoms with Crippen molar-refractivity contribution in [2.45, 2.75) is 12.5 Å². The van der Waals surface area contributed by atoms with Crippen LogP contribution < -0.4 is 0 Å². The molecule has 0 saturated heterocycles. The van der Waals surface area contributed by atoms with Gasteiger partial charge in [0.2, 0.25) is 0 Å². The van der Waals surface area contributed by atoms with Crippen LogP contribution in [-0.2, 0) is 6.42 Å². The normalized spacial score (nSPS) is 12.4. The van der Waals surface area contributed by atoms with E-state index in [4.69, 9.17) is 0 Å². The Balaban J connectivity index is 2.09. The highest BCUT2D eigenvalue weighted by molar-refractivity contribution is 9.10. The Bertz CT molecular complexity index is 441. The molecule has 1 atom stereocenters. The molecule has 1 N–H and O–H groups in total. The Hall–Kier alpha value is -1.19. The molecule has 1 aromatic heterocycles. The van der Waals surface area contributed by atoms with E-state index in [1.165, 1.54) is 0 Å². The molecule has 82 valence electrons. The number of pyridine rings is 1. The summed E-state index contributed by atoms with van der Waals surface area (Å²) in [5, 5.41) is 10.0. The molecule has 2 aromatic rings. The number of aliphatic hydroxyl groups is 1. The quantitative estimate of drug-likeness (QED) is 0.935. The monoisotopic (exact) mass is 277 g/mol. The van der Waals surface area contributed by atoms with Crippen molar-refractivity contribution in [3.8, 4) is 0 Å². The highest BCUT2D eigenvalue weighted by Gasteiger charge is 2.08. The molecule has 1 aromatic carbocycles. The number of rotatable bonds is 3. The molecule has 3 heteroatoms. The van der Waals surface area contributed by atoms with Crippen LogP contribution in [0, 0.1) is 0 Å². The summed E-state index contributed by atoms with van der Waals surface area (Å²) in [6.07, 6.45) is 1.79. The van der Waals surface area contributed by atoms with Crippen molar-refractivity contribution < 1.29 is 5.11 Å². The van der Waals surface area contributed by atoms with E-state index in [2.05, 4.69) is 20.9 Å². The van der Waals surface area contributed by atoms with E-state index in [1.807, 2.05) is 42.5 Å². The second kappa shape index (κ2) is 5.23. The maximum absolute atomic E-state index is 10.0. The molecule has 0 spiro atoms. The predicted molar refractivity (Wildman–Crippen MR) is 67.0 cm³/mol. The molecule has 0 amide bonds. The summed E-state index contributed by atoms with van der Waals surface area (Å²) in [5.41, 5.74) is 1.81. The number of hydrogen-bond acceptors (Lipinski definition) is 2. The standard InChI is InChI=1S/C13H12BrNO/c14-11-6-4-10(5-7-11)13(16)9-12-3-1-2-8-15-12/h1-8,13,16H,9H2/t13-/m0/s1. The lowest BCUT2D eigenvalue weighted by molar-refractivity contribution is 0.177. The molecule has 16 heavy (non-hydrogen) atoms. The minimum absolute atomic E-state index is 0.497. The van der Waals surface area contributed by atoms with Crippen LogP contribution in [0.3, 0.4) is 0 Å².